The molecule has 1 aliphatic rings. The predicted molar refractivity (Wildman–Crippen MR) is 68.9 cm³/mol. The number of hydrogen-bond acceptors (Lipinski definition) is 3. The zero-order valence-electron chi connectivity index (χ0n) is 9.37. The molecule has 0 saturated heterocycles. The minimum atomic E-state index is 0.609. The maximum Gasteiger partial charge on any atom is 0.161 e. The van der Waals surface area contributed by atoms with Gasteiger partial charge in [-0.2, -0.15) is 0 Å². The predicted octanol–water partition coefficient (Wildman–Crippen LogP) is 3.21. The van der Waals surface area contributed by atoms with Crippen LogP contribution in [0.25, 0.3) is 0 Å². The number of nitrogens with one attached hydrogen (secondary N) is 1. The van der Waals surface area contributed by atoms with Crippen LogP contribution in [0.15, 0.2) is 23.2 Å². The van der Waals surface area contributed by atoms with Crippen LogP contribution in [-0.2, 0) is 0 Å². The Hall–Kier alpha value is -0.960. The number of nitrogens with zero attached hydrogens (tertiary/aromatic N) is 1. The molecule has 0 bridgehead atoms. The smallest absolute Gasteiger partial charge is 0.161 e. The van der Waals surface area contributed by atoms with Crippen molar-refractivity contribution < 1.29 is 0 Å². The number of rotatable bonds is 1. The van der Waals surface area contributed by atoms with Crippen molar-refractivity contribution in [1.29, 1.82) is 0 Å². The van der Waals surface area contributed by atoms with Crippen LogP contribution in [0.3, 0.4) is 0 Å². The summed E-state index contributed by atoms with van der Waals surface area (Å²) in [6, 6.07) is 6.43. The lowest BCUT2D eigenvalue weighted by Gasteiger charge is -2.09. The fourth-order valence-electron chi connectivity index (χ4n) is 1.61. The van der Waals surface area contributed by atoms with E-state index in [1.54, 1.807) is 0 Å². The molecule has 0 saturated carbocycles. The van der Waals surface area contributed by atoms with Crippen LogP contribution in [0.2, 0.25) is 0 Å². The van der Waals surface area contributed by atoms with Crippen molar-refractivity contribution in [3.63, 3.8) is 0 Å². The van der Waals surface area contributed by atoms with Gasteiger partial charge >= 0.3 is 0 Å². The van der Waals surface area contributed by atoms with Gasteiger partial charge in [-0.3, -0.25) is 4.99 Å². The van der Waals surface area contributed by atoms with Crippen molar-refractivity contribution in [3.8, 4) is 0 Å². The van der Waals surface area contributed by atoms with Crippen molar-refractivity contribution in [3.05, 3.63) is 29.3 Å². The summed E-state index contributed by atoms with van der Waals surface area (Å²) in [5.41, 5.74) is 3.74. The molecule has 1 heterocycles. The minimum absolute atomic E-state index is 0.609. The fourth-order valence-corrected chi connectivity index (χ4v) is 2.46. The van der Waals surface area contributed by atoms with Gasteiger partial charge < -0.3 is 5.32 Å². The first-order valence-electron chi connectivity index (χ1n) is 5.20. The molecule has 1 aliphatic heterocycles. The average Bonchev–Trinajstić information content (AvgIpc) is 2.56. The minimum Gasteiger partial charge on any atom is -0.335 e. The largest absolute Gasteiger partial charge is 0.335 e. The third kappa shape index (κ3) is 2.53. The molecule has 1 atom stereocenters. The summed E-state index contributed by atoms with van der Waals surface area (Å²) in [6.07, 6.45) is 0. The summed E-state index contributed by atoms with van der Waals surface area (Å²) in [5.74, 6) is 0. The molecule has 0 aromatic heterocycles. The molecule has 80 valence electrons. The summed E-state index contributed by atoms with van der Waals surface area (Å²) in [7, 11) is 0. The number of hydrogen-bond donors (Lipinski definition) is 1. The van der Waals surface area contributed by atoms with Gasteiger partial charge in [0.1, 0.15) is 0 Å². The van der Waals surface area contributed by atoms with Crippen molar-refractivity contribution >= 4 is 22.6 Å². The van der Waals surface area contributed by atoms with E-state index in [9.17, 15) is 0 Å². The highest BCUT2D eigenvalue weighted by Gasteiger charge is 2.15. The molecular formula is C12H16N2S. The van der Waals surface area contributed by atoms with Crippen LogP contribution in [0.1, 0.15) is 18.1 Å². The van der Waals surface area contributed by atoms with Gasteiger partial charge in [-0.15, -0.1) is 0 Å². The Bertz CT molecular complexity index is 399. The molecule has 0 aliphatic carbocycles. The highest BCUT2D eigenvalue weighted by atomic mass is 32.2. The van der Waals surface area contributed by atoms with Gasteiger partial charge in [0, 0.05) is 10.9 Å². The van der Waals surface area contributed by atoms with E-state index in [4.69, 9.17) is 0 Å². The van der Waals surface area contributed by atoms with Gasteiger partial charge in [0.25, 0.3) is 0 Å². The highest BCUT2D eigenvalue weighted by Crippen LogP contribution is 2.23. The molecule has 2 nitrogen and oxygen atoms in total. The van der Waals surface area contributed by atoms with Crippen LogP contribution in [0.5, 0.6) is 0 Å². The van der Waals surface area contributed by atoms with E-state index in [1.165, 1.54) is 16.8 Å². The SMILES string of the molecule is Cc1ccc(NC2=NC[C@H](C)S2)c(C)c1. The highest BCUT2D eigenvalue weighted by molar-refractivity contribution is 8.15. The monoisotopic (exact) mass is 220 g/mol. The number of aryl methyl sites for hydroxylation is 2. The molecule has 0 radical (unpaired) electrons. The second-order valence-electron chi connectivity index (χ2n) is 4.02. The van der Waals surface area contributed by atoms with Crippen LogP contribution < -0.4 is 5.32 Å². The van der Waals surface area contributed by atoms with Crippen LogP contribution in [0, 0.1) is 13.8 Å². The topological polar surface area (TPSA) is 24.4 Å². The van der Waals surface area contributed by atoms with Gasteiger partial charge in [-0.05, 0) is 25.5 Å². The average molecular weight is 220 g/mol. The molecule has 1 aromatic rings. The van der Waals surface area contributed by atoms with Crippen LogP contribution >= 0.6 is 11.8 Å². The Balaban J connectivity index is 2.11. The molecule has 2 rings (SSSR count). The molecule has 15 heavy (non-hydrogen) atoms. The molecule has 0 unspecified atom stereocenters. The van der Waals surface area contributed by atoms with E-state index in [2.05, 4.69) is 49.3 Å². The third-order valence-electron chi connectivity index (χ3n) is 2.43. The van der Waals surface area contributed by atoms with Gasteiger partial charge in [0.2, 0.25) is 0 Å². The normalized spacial score (nSPS) is 20.2. The first-order valence-corrected chi connectivity index (χ1v) is 6.08. The van der Waals surface area contributed by atoms with Crippen molar-refractivity contribution in [2.45, 2.75) is 26.0 Å². The molecule has 0 amide bonds. The maximum absolute atomic E-state index is 4.44. The standard InChI is InChI=1S/C12H16N2S/c1-8-4-5-11(9(2)6-8)14-12-13-7-10(3)15-12/h4-6,10H,7H2,1-3H3,(H,13,14)/t10-/m0/s1. The van der Waals surface area contributed by atoms with E-state index in [1.807, 2.05) is 11.8 Å². The Kier molecular flexibility index (Phi) is 3.00. The molecule has 3 heteroatoms. The molecule has 1 N–H and O–H groups in total. The Morgan fingerprint density at radius 1 is 1.40 bits per heavy atom. The summed E-state index contributed by atoms with van der Waals surface area (Å²) in [6.45, 7) is 7.36. The second kappa shape index (κ2) is 4.27. The van der Waals surface area contributed by atoms with E-state index >= 15 is 0 Å². The number of benzene rings is 1. The second-order valence-corrected chi connectivity index (χ2v) is 5.44. The summed E-state index contributed by atoms with van der Waals surface area (Å²) < 4.78 is 0. The summed E-state index contributed by atoms with van der Waals surface area (Å²) in [5, 5.41) is 5.04. The van der Waals surface area contributed by atoms with Crippen molar-refractivity contribution in [2.75, 3.05) is 11.9 Å². The molecular weight excluding hydrogens is 204 g/mol. The van der Waals surface area contributed by atoms with Gasteiger partial charge in [0.15, 0.2) is 5.17 Å². The number of anilines is 1. The van der Waals surface area contributed by atoms with Crippen LogP contribution in [0.4, 0.5) is 5.69 Å². The van der Waals surface area contributed by atoms with Gasteiger partial charge in [-0.1, -0.05) is 36.4 Å². The molecule has 0 fully saturated rings. The Morgan fingerprint density at radius 2 is 2.20 bits per heavy atom. The molecule has 0 spiro atoms. The molecule has 1 aromatic carbocycles. The lowest BCUT2D eigenvalue weighted by Crippen LogP contribution is -2.07. The van der Waals surface area contributed by atoms with Crippen molar-refractivity contribution in [1.82, 2.24) is 0 Å². The lowest BCUT2D eigenvalue weighted by molar-refractivity contribution is 0.976. The zero-order valence-corrected chi connectivity index (χ0v) is 10.2. The zero-order chi connectivity index (χ0) is 10.8. The van der Waals surface area contributed by atoms with E-state index in [0.717, 1.165) is 11.7 Å². The quantitative estimate of drug-likeness (QED) is 0.786. The van der Waals surface area contributed by atoms with Crippen LogP contribution in [-0.4, -0.2) is 17.0 Å². The number of amidine groups is 1. The Labute approximate surface area is 95.2 Å². The van der Waals surface area contributed by atoms with Gasteiger partial charge in [0.05, 0.1) is 6.54 Å². The number of thioether (sulfide) groups is 1. The van der Waals surface area contributed by atoms with Crippen molar-refractivity contribution in [2.24, 2.45) is 4.99 Å². The van der Waals surface area contributed by atoms with E-state index in [-0.39, 0.29) is 0 Å². The summed E-state index contributed by atoms with van der Waals surface area (Å²) in [4.78, 5) is 4.44. The van der Waals surface area contributed by atoms with E-state index in [0.29, 0.717) is 5.25 Å². The number of aliphatic imine (C=N–C) groups is 1. The first-order chi connectivity index (χ1) is 7.15. The Morgan fingerprint density at radius 3 is 2.80 bits per heavy atom. The maximum atomic E-state index is 4.44. The lowest BCUT2D eigenvalue weighted by atomic mass is 10.1. The third-order valence-corrected chi connectivity index (χ3v) is 3.43. The van der Waals surface area contributed by atoms with Gasteiger partial charge in [-0.25, -0.2) is 0 Å². The first kappa shape index (κ1) is 10.6. The van der Waals surface area contributed by atoms with E-state index < -0.39 is 0 Å². The fraction of sp³-hybridized carbons (Fsp3) is 0.417. The summed E-state index contributed by atoms with van der Waals surface area (Å²) >= 11 is 1.81.